The van der Waals surface area contributed by atoms with Gasteiger partial charge in [-0.1, -0.05) is 0 Å². The molecule has 2 aromatic heterocycles. The number of aromatic carboxylic acids is 1. The van der Waals surface area contributed by atoms with Crippen LogP contribution in [0.25, 0.3) is 0 Å². The number of hydrogen-bond donors (Lipinski definition) is 2. The second-order valence-corrected chi connectivity index (χ2v) is 7.01. The lowest BCUT2D eigenvalue weighted by atomic mass is 10.5. The van der Waals surface area contributed by atoms with Crippen molar-refractivity contribution in [1.29, 1.82) is 5.26 Å². The molecule has 2 aromatic rings. The van der Waals surface area contributed by atoms with E-state index in [2.05, 4.69) is 9.71 Å². The number of nitrogens with one attached hydrogen (secondary N) is 1. The molecule has 0 radical (unpaired) electrons. The number of carbonyl (C=O) groups is 1. The van der Waals surface area contributed by atoms with Gasteiger partial charge in [-0.3, -0.25) is 0 Å². The highest BCUT2D eigenvalue weighted by atomic mass is 32.2. The summed E-state index contributed by atoms with van der Waals surface area (Å²) >= 11 is 0.886. The van der Waals surface area contributed by atoms with E-state index >= 15 is 0 Å². The van der Waals surface area contributed by atoms with Crippen molar-refractivity contribution in [2.45, 2.75) is 10.8 Å². The molecular formula is C11H10N4O4S2. The van der Waals surface area contributed by atoms with Crippen molar-refractivity contribution >= 4 is 27.3 Å². The molecule has 0 spiro atoms. The molecule has 0 saturated carbocycles. The summed E-state index contributed by atoms with van der Waals surface area (Å²) < 4.78 is 27.8. The molecule has 0 amide bonds. The van der Waals surface area contributed by atoms with Gasteiger partial charge in [-0.25, -0.2) is 22.9 Å². The lowest BCUT2D eigenvalue weighted by Crippen LogP contribution is -2.26. The molecule has 0 aliphatic rings. The molecule has 2 rings (SSSR count). The molecule has 0 bridgehead atoms. The molecule has 2 N–H and O–H groups in total. The van der Waals surface area contributed by atoms with E-state index in [-0.39, 0.29) is 23.0 Å². The van der Waals surface area contributed by atoms with Crippen molar-refractivity contribution in [2.24, 2.45) is 0 Å². The van der Waals surface area contributed by atoms with E-state index < -0.39 is 16.0 Å². The Hall–Kier alpha value is -2.22. The van der Waals surface area contributed by atoms with Crippen LogP contribution < -0.4 is 4.72 Å². The lowest BCUT2D eigenvalue weighted by Gasteiger charge is -2.05. The van der Waals surface area contributed by atoms with Crippen molar-refractivity contribution in [3.8, 4) is 6.07 Å². The molecule has 0 saturated heterocycles. The first-order chi connectivity index (χ1) is 9.92. The average Bonchev–Trinajstić information content (AvgIpc) is 3.07. The number of carboxylic acid groups (broad SMARTS) is 1. The van der Waals surface area contributed by atoms with Gasteiger partial charge in [-0.2, -0.15) is 5.26 Å². The van der Waals surface area contributed by atoms with Crippen molar-refractivity contribution in [3.05, 3.63) is 35.2 Å². The monoisotopic (exact) mass is 326 g/mol. The van der Waals surface area contributed by atoms with Crippen LogP contribution in [-0.4, -0.2) is 35.6 Å². The van der Waals surface area contributed by atoms with Crippen LogP contribution in [0.2, 0.25) is 0 Å². The highest BCUT2D eigenvalue weighted by Crippen LogP contribution is 2.20. The number of sulfonamides is 1. The Bertz CT molecular complexity index is 800. The second-order valence-electron chi connectivity index (χ2n) is 3.93. The van der Waals surface area contributed by atoms with E-state index in [0.717, 1.165) is 11.3 Å². The van der Waals surface area contributed by atoms with Crippen molar-refractivity contribution < 1.29 is 18.3 Å². The fraction of sp³-hybridized carbons (Fsp3) is 0.182. The van der Waals surface area contributed by atoms with Crippen molar-refractivity contribution in [3.63, 3.8) is 0 Å². The maximum atomic E-state index is 11.9. The number of hydrogen-bond acceptors (Lipinski definition) is 6. The molecule has 2 heterocycles. The predicted molar refractivity (Wildman–Crippen MR) is 73.4 cm³/mol. The maximum Gasteiger partial charge on any atom is 0.356 e. The van der Waals surface area contributed by atoms with Crippen LogP contribution in [-0.2, 0) is 16.6 Å². The van der Waals surface area contributed by atoms with Gasteiger partial charge in [0.1, 0.15) is 15.2 Å². The number of carboxylic acids is 1. The Morgan fingerprint density at radius 1 is 1.52 bits per heavy atom. The molecule has 0 aromatic carbocycles. The summed E-state index contributed by atoms with van der Waals surface area (Å²) in [5.41, 5.74) is -0.102. The van der Waals surface area contributed by atoms with Gasteiger partial charge in [0.05, 0.1) is 6.33 Å². The summed E-state index contributed by atoms with van der Waals surface area (Å²) in [6, 6.07) is 4.68. The van der Waals surface area contributed by atoms with Crippen LogP contribution in [0.15, 0.2) is 28.9 Å². The first-order valence-corrected chi connectivity index (χ1v) is 7.97. The summed E-state index contributed by atoms with van der Waals surface area (Å²) in [4.78, 5) is 14.6. The Morgan fingerprint density at radius 2 is 2.29 bits per heavy atom. The summed E-state index contributed by atoms with van der Waals surface area (Å²) in [7, 11) is -3.66. The molecule has 0 aliphatic carbocycles. The first kappa shape index (κ1) is 15.2. The smallest absolute Gasteiger partial charge is 0.356 e. The van der Waals surface area contributed by atoms with Gasteiger partial charge in [0.2, 0.25) is 10.0 Å². The van der Waals surface area contributed by atoms with Crippen molar-refractivity contribution in [2.75, 3.05) is 6.54 Å². The number of aromatic nitrogens is 2. The lowest BCUT2D eigenvalue weighted by molar-refractivity contribution is 0.0691. The van der Waals surface area contributed by atoms with Crippen LogP contribution in [0.4, 0.5) is 0 Å². The SMILES string of the molecule is N#Cc1ccc(S(=O)(=O)NCCn2cnc(C(=O)O)c2)s1. The minimum Gasteiger partial charge on any atom is -0.476 e. The number of rotatable bonds is 6. The largest absolute Gasteiger partial charge is 0.476 e. The molecule has 110 valence electrons. The van der Waals surface area contributed by atoms with Crippen LogP contribution in [0, 0.1) is 11.3 Å². The summed E-state index contributed by atoms with van der Waals surface area (Å²) in [5, 5.41) is 17.4. The summed E-state index contributed by atoms with van der Waals surface area (Å²) in [6.07, 6.45) is 2.63. The van der Waals surface area contributed by atoms with Crippen LogP contribution in [0.1, 0.15) is 15.4 Å². The van der Waals surface area contributed by atoms with E-state index in [1.54, 1.807) is 0 Å². The van der Waals surface area contributed by atoms with Gasteiger partial charge in [0, 0.05) is 19.3 Å². The van der Waals surface area contributed by atoms with Gasteiger partial charge in [0.15, 0.2) is 5.69 Å². The Morgan fingerprint density at radius 3 is 2.86 bits per heavy atom. The molecular weight excluding hydrogens is 316 g/mol. The van der Waals surface area contributed by atoms with E-state index in [1.807, 2.05) is 6.07 Å². The molecule has 0 aliphatic heterocycles. The van der Waals surface area contributed by atoms with E-state index in [1.165, 1.54) is 29.2 Å². The number of nitriles is 1. The highest BCUT2D eigenvalue weighted by Gasteiger charge is 2.16. The molecule has 10 heteroatoms. The maximum absolute atomic E-state index is 11.9. The molecule has 8 nitrogen and oxygen atoms in total. The number of thiophene rings is 1. The highest BCUT2D eigenvalue weighted by molar-refractivity contribution is 7.91. The normalized spacial score (nSPS) is 11.2. The molecule has 21 heavy (non-hydrogen) atoms. The zero-order chi connectivity index (χ0) is 15.5. The van der Waals surface area contributed by atoms with Crippen LogP contribution in [0.5, 0.6) is 0 Å². The van der Waals surface area contributed by atoms with Crippen LogP contribution in [0.3, 0.4) is 0 Å². The van der Waals surface area contributed by atoms with Crippen LogP contribution >= 0.6 is 11.3 Å². The van der Waals surface area contributed by atoms with E-state index in [4.69, 9.17) is 10.4 Å². The van der Waals surface area contributed by atoms with Gasteiger partial charge in [0.25, 0.3) is 0 Å². The van der Waals surface area contributed by atoms with Gasteiger partial charge < -0.3 is 9.67 Å². The zero-order valence-corrected chi connectivity index (χ0v) is 12.2. The Labute approximate surface area is 124 Å². The predicted octanol–water partition coefficient (Wildman–Crippen LogP) is 0.493. The second kappa shape index (κ2) is 6.04. The fourth-order valence-corrected chi connectivity index (χ4v) is 3.67. The number of imidazole rings is 1. The van der Waals surface area contributed by atoms with Gasteiger partial charge in [-0.15, -0.1) is 11.3 Å². The van der Waals surface area contributed by atoms with Crippen molar-refractivity contribution in [1.82, 2.24) is 14.3 Å². The topological polar surface area (TPSA) is 125 Å². The zero-order valence-electron chi connectivity index (χ0n) is 10.6. The minimum absolute atomic E-state index is 0.0657. The quantitative estimate of drug-likeness (QED) is 0.796. The molecule has 0 unspecified atom stereocenters. The summed E-state index contributed by atoms with van der Waals surface area (Å²) in [6.45, 7) is 0.327. The Kier molecular flexibility index (Phi) is 4.37. The minimum atomic E-state index is -3.66. The third-order valence-corrected chi connectivity index (χ3v) is 5.41. The summed E-state index contributed by atoms with van der Waals surface area (Å²) in [5.74, 6) is -1.14. The first-order valence-electron chi connectivity index (χ1n) is 5.67. The van der Waals surface area contributed by atoms with E-state index in [0.29, 0.717) is 4.88 Å². The molecule has 0 fully saturated rings. The molecule has 0 atom stereocenters. The average molecular weight is 326 g/mol. The van der Waals surface area contributed by atoms with E-state index in [9.17, 15) is 13.2 Å². The third kappa shape index (κ3) is 3.66. The van der Waals surface area contributed by atoms with Gasteiger partial charge in [-0.05, 0) is 12.1 Å². The van der Waals surface area contributed by atoms with Gasteiger partial charge >= 0.3 is 5.97 Å². The number of nitrogens with zero attached hydrogens (tertiary/aromatic N) is 3. The fourth-order valence-electron chi connectivity index (χ4n) is 1.50. The standard InChI is InChI=1S/C11H10N4O4S2/c12-5-8-1-2-10(20-8)21(18,19)14-3-4-15-6-9(11(16)17)13-7-15/h1-2,6-7,14H,3-4H2,(H,16,17). The third-order valence-electron chi connectivity index (χ3n) is 2.47. The Balaban J connectivity index is 1.95.